The molecule has 0 aliphatic heterocycles. The van der Waals surface area contributed by atoms with Crippen LogP contribution in [-0.4, -0.2) is 26.1 Å². The molecule has 0 fully saturated rings. The summed E-state index contributed by atoms with van der Waals surface area (Å²) in [7, 11) is -3.27. The Hall–Kier alpha value is -1.87. The topological polar surface area (TPSA) is 87.0 Å². The SMILES string of the molecule is CC(C)(C#N)NC(=O)c1ccc(S(C)(=O)=O)cc1. The van der Waals surface area contributed by atoms with E-state index in [-0.39, 0.29) is 4.90 Å². The Kier molecular flexibility index (Phi) is 3.77. The number of hydrogen-bond donors (Lipinski definition) is 1. The number of nitrogens with zero attached hydrogens (tertiary/aromatic N) is 1. The molecule has 1 N–H and O–H groups in total. The van der Waals surface area contributed by atoms with Gasteiger partial charge in [-0.3, -0.25) is 4.79 Å². The number of carbonyl (C=O) groups is 1. The zero-order chi connectivity index (χ0) is 14.0. The summed E-state index contributed by atoms with van der Waals surface area (Å²) < 4.78 is 22.5. The summed E-state index contributed by atoms with van der Waals surface area (Å²) in [4.78, 5) is 11.9. The number of rotatable bonds is 3. The maximum Gasteiger partial charge on any atom is 0.252 e. The molecule has 0 radical (unpaired) electrons. The van der Waals surface area contributed by atoms with Gasteiger partial charge in [-0.15, -0.1) is 0 Å². The molecule has 0 heterocycles. The Balaban J connectivity index is 2.94. The maximum absolute atomic E-state index is 11.8. The molecule has 96 valence electrons. The largest absolute Gasteiger partial charge is 0.334 e. The van der Waals surface area contributed by atoms with Gasteiger partial charge in [0.15, 0.2) is 9.84 Å². The zero-order valence-corrected chi connectivity index (χ0v) is 11.2. The van der Waals surface area contributed by atoms with Gasteiger partial charge >= 0.3 is 0 Å². The van der Waals surface area contributed by atoms with Gasteiger partial charge in [0.1, 0.15) is 5.54 Å². The third kappa shape index (κ3) is 3.57. The number of sulfone groups is 1. The summed E-state index contributed by atoms with van der Waals surface area (Å²) in [6.07, 6.45) is 1.10. The number of nitrogens with one attached hydrogen (secondary N) is 1. The Morgan fingerprint density at radius 2 is 1.78 bits per heavy atom. The van der Waals surface area contributed by atoms with E-state index in [4.69, 9.17) is 5.26 Å². The highest BCUT2D eigenvalue weighted by Crippen LogP contribution is 2.11. The normalized spacial score (nSPS) is 11.7. The van der Waals surface area contributed by atoms with Gasteiger partial charge in [0, 0.05) is 11.8 Å². The van der Waals surface area contributed by atoms with E-state index in [9.17, 15) is 13.2 Å². The molecule has 0 aromatic heterocycles. The third-order valence-corrected chi connectivity index (χ3v) is 3.38. The lowest BCUT2D eigenvalue weighted by molar-refractivity contribution is 0.0929. The Morgan fingerprint density at radius 3 is 2.17 bits per heavy atom. The summed E-state index contributed by atoms with van der Waals surface area (Å²) in [5.41, 5.74) is -0.655. The van der Waals surface area contributed by atoms with Gasteiger partial charge in [-0.25, -0.2) is 8.42 Å². The van der Waals surface area contributed by atoms with E-state index in [0.29, 0.717) is 5.56 Å². The number of hydrogen-bond acceptors (Lipinski definition) is 4. The summed E-state index contributed by atoms with van der Waals surface area (Å²) in [6, 6.07) is 7.51. The molecule has 1 rings (SSSR count). The fourth-order valence-electron chi connectivity index (χ4n) is 1.24. The maximum atomic E-state index is 11.8. The lowest BCUT2D eigenvalue weighted by Crippen LogP contribution is -2.42. The Labute approximate surface area is 106 Å². The minimum atomic E-state index is -3.27. The first-order valence-electron chi connectivity index (χ1n) is 5.19. The van der Waals surface area contributed by atoms with Gasteiger partial charge in [0.2, 0.25) is 0 Å². The molecule has 1 aromatic carbocycles. The number of benzene rings is 1. The van der Waals surface area contributed by atoms with Crippen molar-refractivity contribution >= 4 is 15.7 Å². The predicted octanol–water partition coefficient (Wildman–Crippen LogP) is 1.12. The van der Waals surface area contributed by atoms with Crippen LogP contribution >= 0.6 is 0 Å². The molecular weight excluding hydrogens is 252 g/mol. The van der Waals surface area contributed by atoms with Gasteiger partial charge in [-0.2, -0.15) is 5.26 Å². The van der Waals surface area contributed by atoms with Gasteiger partial charge in [-0.05, 0) is 38.1 Å². The second kappa shape index (κ2) is 4.78. The molecule has 0 unspecified atom stereocenters. The molecule has 0 aliphatic carbocycles. The quantitative estimate of drug-likeness (QED) is 0.888. The van der Waals surface area contributed by atoms with E-state index >= 15 is 0 Å². The molecule has 6 heteroatoms. The van der Waals surface area contributed by atoms with Gasteiger partial charge in [0.05, 0.1) is 11.0 Å². The van der Waals surface area contributed by atoms with Gasteiger partial charge in [0.25, 0.3) is 5.91 Å². The van der Waals surface area contributed by atoms with Crippen molar-refractivity contribution in [2.24, 2.45) is 0 Å². The summed E-state index contributed by atoms with van der Waals surface area (Å²) in [5.74, 6) is -0.415. The molecule has 0 saturated heterocycles. The van der Waals surface area contributed by atoms with Crippen LogP contribution in [0.3, 0.4) is 0 Å². The second-order valence-electron chi connectivity index (χ2n) is 4.49. The van der Waals surface area contributed by atoms with Crippen LogP contribution in [0, 0.1) is 11.3 Å². The molecule has 1 amide bonds. The van der Waals surface area contributed by atoms with E-state index in [2.05, 4.69) is 5.32 Å². The van der Waals surface area contributed by atoms with Crippen LogP contribution in [0.25, 0.3) is 0 Å². The minimum Gasteiger partial charge on any atom is -0.334 e. The average molecular weight is 266 g/mol. The van der Waals surface area contributed by atoms with E-state index in [1.807, 2.05) is 6.07 Å². The molecule has 0 aliphatic rings. The highest BCUT2D eigenvalue weighted by atomic mass is 32.2. The van der Waals surface area contributed by atoms with Crippen LogP contribution in [0.5, 0.6) is 0 Å². The average Bonchev–Trinajstić information content (AvgIpc) is 2.27. The standard InChI is InChI=1S/C12H14N2O3S/c1-12(2,8-13)14-11(15)9-4-6-10(7-5-9)18(3,16)17/h4-7H,1-3H3,(H,14,15). The highest BCUT2D eigenvalue weighted by molar-refractivity contribution is 7.90. The first-order chi connectivity index (χ1) is 8.15. The van der Waals surface area contributed by atoms with Crippen molar-refractivity contribution in [2.75, 3.05) is 6.26 Å². The van der Waals surface area contributed by atoms with Crippen LogP contribution in [0.1, 0.15) is 24.2 Å². The highest BCUT2D eigenvalue weighted by Gasteiger charge is 2.20. The molecule has 0 bridgehead atoms. The fourth-order valence-corrected chi connectivity index (χ4v) is 1.87. The third-order valence-electron chi connectivity index (χ3n) is 2.25. The van der Waals surface area contributed by atoms with E-state index in [1.165, 1.54) is 24.3 Å². The van der Waals surface area contributed by atoms with Crippen molar-refractivity contribution in [3.8, 4) is 6.07 Å². The van der Waals surface area contributed by atoms with E-state index in [1.54, 1.807) is 13.8 Å². The number of amides is 1. The monoisotopic (exact) mass is 266 g/mol. The van der Waals surface area contributed by atoms with Crippen LogP contribution in [0.2, 0.25) is 0 Å². The summed E-state index contributed by atoms with van der Waals surface area (Å²) in [5, 5.41) is 11.3. The van der Waals surface area contributed by atoms with Crippen LogP contribution < -0.4 is 5.32 Å². The lowest BCUT2D eigenvalue weighted by atomic mass is 10.1. The summed E-state index contributed by atoms with van der Waals surface area (Å²) in [6.45, 7) is 3.16. The van der Waals surface area contributed by atoms with E-state index in [0.717, 1.165) is 6.26 Å². The fraction of sp³-hybridized carbons (Fsp3) is 0.333. The Morgan fingerprint density at radius 1 is 1.28 bits per heavy atom. The molecule has 0 saturated carbocycles. The molecule has 18 heavy (non-hydrogen) atoms. The van der Waals surface area contributed by atoms with Crippen LogP contribution in [0.4, 0.5) is 0 Å². The van der Waals surface area contributed by atoms with Crippen molar-refractivity contribution in [3.05, 3.63) is 29.8 Å². The molecule has 1 aromatic rings. The smallest absolute Gasteiger partial charge is 0.252 e. The molecule has 0 spiro atoms. The van der Waals surface area contributed by atoms with Gasteiger partial charge in [-0.1, -0.05) is 0 Å². The van der Waals surface area contributed by atoms with Crippen molar-refractivity contribution in [3.63, 3.8) is 0 Å². The van der Waals surface area contributed by atoms with Crippen molar-refractivity contribution in [1.29, 1.82) is 5.26 Å². The van der Waals surface area contributed by atoms with E-state index < -0.39 is 21.3 Å². The number of carbonyl (C=O) groups excluding carboxylic acids is 1. The van der Waals surface area contributed by atoms with Gasteiger partial charge < -0.3 is 5.32 Å². The first-order valence-corrected chi connectivity index (χ1v) is 7.09. The second-order valence-corrected chi connectivity index (χ2v) is 6.50. The van der Waals surface area contributed by atoms with Crippen molar-refractivity contribution < 1.29 is 13.2 Å². The summed E-state index contributed by atoms with van der Waals surface area (Å²) >= 11 is 0. The van der Waals surface area contributed by atoms with Crippen LogP contribution in [-0.2, 0) is 9.84 Å². The van der Waals surface area contributed by atoms with Crippen molar-refractivity contribution in [2.45, 2.75) is 24.3 Å². The molecule has 0 atom stereocenters. The van der Waals surface area contributed by atoms with Crippen LogP contribution in [0.15, 0.2) is 29.2 Å². The predicted molar refractivity (Wildman–Crippen MR) is 66.7 cm³/mol. The van der Waals surface area contributed by atoms with Crippen molar-refractivity contribution in [1.82, 2.24) is 5.32 Å². The number of nitriles is 1. The molecule has 5 nitrogen and oxygen atoms in total. The Bertz CT molecular complexity index is 595. The lowest BCUT2D eigenvalue weighted by Gasteiger charge is -2.17. The minimum absolute atomic E-state index is 0.151. The first kappa shape index (κ1) is 14.2. The zero-order valence-electron chi connectivity index (χ0n) is 10.4. The molecular formula is C12H14N2O3S.